The molecule has 1 aliphatic heterocycles. The Hall–Kier alpha value is -1.65. The highest BCUT2D eigenvalue weighted by molar-refractivity contribution is 7.92. The largest absolute Gasteiger partial charge is 0.492 e. The van der Waals surface area contributed by atoms with Gasteiger partial charge in [-0.05, 0) is 31.5 Å². The van der Waals surface area contributed by atoms with Crippen LogP contribution in [0, 0.1) is 0 Å². The number of hydrogen-bond donors (Lipinski definition) is 2. The lowest BCUT2D eigenvalue weighted by molar-refractivity contribution is -0.114. The first-order valence-corrected chi connectivity index (χ1v) is 10.7. The molecule has 0 bridgehead atoms. The van der Waals surface area contributed by atoms with Gasteiger partial charge in [0.15, 0.2) is 9.84 Å². The molecule has 1 atom stereocenters. The SMILES string of the molecule is CCOc1ccc(NC(C)=O)cc1S(=O)(=O)NC1CCS(=O)(=O)C1. The number of hydrogen-bond acceptors (Lipinski definition) is 6. The average Bonchev–Trinajstić information content (AvgIpc) is 2.78. The van der Waals surface area contributed by atoms with Crippen LogP contribution in [0.25, 0.3) is 0 Å². The lowest BCUT2D eigenvalue weighted by atomic mass is 10.3. The van der Waals surface area contributed by atoms with Crippen molar-refractivity contribution < 1.29 is 26.4 Å². The number of sulfone groups is 1. The van der Waals surface area contributed by atoms with Crippen molar-refractivity contribution in [3.8, 4) is 5.75 Å². The molecule has 0 saturated carbocycles. The van der Waals surface area contributed by atoms with Gasteiger partial charge in [-0.25, -0.2) is 21.6 Å². The van der Waals surface area contributed by atoms with E-state index in [1.807, 2.05) is 0 Å². The molecule has 10 heteroatoms. The normalized spacial score (nSPS) is 19.8. The molecule has 1 aromatic carbocycles. The Morgan fingerprint density at radius 3 is 2.62 bits per heavy atom. The first-order chi connectivity index (χ1) is 11.1. The van der Waals surface area contributed by atoms with E-state index in [0.717, 1.165) is 0 Å². The van der Waals surface area contributed by atoms with Crippen molar-refractivity contribution in [3.63, 3.8) is 0 Å². The van der Waals surface area contributed by atoms with Crippen molar-refractivity contribution in [1.29, 1.82) is 0 Å². The fraction of sp³-hybridized carbons (Fsp3) is 0.500. The predicted octanol–water partition coefficient (Wildman–Crippen LogP) is 0.509. The number of sulfonamides is 1. The number of nitrogens with one attached hydrogen (secondary N) is 2. The molecular formula is C14H20N2O6S2. The Bertz CT molecular complexity index is 833. The molecule has 1 unspecified atom stereocenters. The Labute approximate surface area is 141 Å². The maximum absolute atomic E-state index is 12.6. The summed E-state index contributed by atoms with van der Waals surface area (Å²) in [5, 5.41) is 2.51. The summed E-state index contributed by atoms with van der Waals surface area (Å²) in [7, 11) is -7.21. The number of amides is 1. The van der Waals surface area contributed by atoms with Crippen molar-refractivity contribution in [3.05, 3.63) is 18.2 Å². The number of carbonyl (C=O) groups is 1. The lowest BCUT2D eigenvalue weighted by Crippen LogP contribution is -2.35. The van der Waals surface area contributed by atoms with E-state index < -0.39 is 25.9 Å². The second-order valence-corrected chi connectivity index (χ2v) is 9.41. The minimum atomic E-state index is -4.00. The zero-order chi connectivity index (χ0) is 18.0. The third kappa shape index (κ3) is 4.68. The summed E-state index contributed by atoms with van der Waals surface area (Å²) >= 11 is 0. The van der Waals surface area contributed by atoms with Crippen molar-refractivity contribution in [1.82, 2.24) is 4.72 Å². The minimum absolute atomic E-state index is 0.0373. The van der Waals surface area contributed by atoms with Crippen LogP contribution in [0.3, 0.4) is 0 Å². The smallest absolute Gasteiger partial charge is 0.244 e. The summed E-state index contributed by atoms with van der Waals surface area (Å²) < 4.78 is 56.0. The summed E-state index contributed by atoms with van der Waals surface area (Å²) in [5.41, 5.74) is 0.311. The minimum Gasteiger partial charge on any atom is -0.492 e. The first-order valence-electron chi connectivity index (χ1n) is 7.40. The molecule has 1 saturated heterocycles. The maximum atomic E-state index is 12.6. The van der Waals surface area contributed by atoms with Crippen LogP contribution in [0.1, 0.15) is 20.3 Å². The van der Waals surface area contributed by atoms with Gasteiger partial charge in [-0.2, -0.15) is 0 Å². The fourth-order valence-corrected chi connectivity index (χ4v) is 5.66. The van der Waals surface area contributed by atoms with Gasteiger partial charge >= 0.3 is 0 Å². The van der Waals surface area contributed by atoms with Crippen molar-refractivity contribution in [2.45, 2.75) is 31.2 Å². The highest BCUT2D eigenvalue weighted by Gasteiger charge is 2.32. The zero-order valence-corrected chi connectivity index (χ0v) is 15.0. The third-order valence-corrected chi connectivity index (χ3v) is 6.72. The lowest BCUT2D eigenvalue weighted by Gasteiger charge is -2.16. The van der Waals surface area contributed by atoms with E-state index in [2.05, 4.69) is 10.0 Å². The molecule has 1 heterocycles. The summed E-state index contributed by atoms with van der Waals surface area (Å²) in [5.74, 6) is -0.455. The van der Waals surface area contributed by atoms with Crippen molar-refractivity contribution in [2.75, 3.05) is 23.4 Å². The quantitative estimate of drug-likeness (QED) is 0.747. The van der Waals surface area contributed by atoms with Gasteiger partial charge in [-0.15, -0.1) is 0 Å². The molecule has 1 amide bonds. The molecular weight excluding hydrogens is 356 g/mol. The summed E-state index contributed by atoms with van der Waals surface area (Å²) in [6.45, 7) is 3.29. The number of rotatable bonds is 6. The van der Waals surface area contributed by atoms with Crippen LogP contribution in [-0.2, 0) is 24.7 Å². The third-order valence-electron chi connectivity index (χ3n) is 3.41. The topological polar surface area (TPSA) is 119 Å². The molecule has 0 spiro atoms. The van der Waals surface area contributed by atoms with Crippen LogP contribution in [0.15, 0.2) is 23.1 Å². The van der Waals surface area contributed by atoms with Crippen LogP contribution in [0.5, 0.6) is 5.75 Å². The Morgan fingerprint density at radius 2 is 2.08 bits per heavy atom. The standard InChI is InChI=1S/C14H20N2O6S2/c1-3-22-13-5-4-11(15-10(2)17)8-14(13)24(20,21)16-12-6-7-23(18,19)9-12/h4-5,8,12,16H,3,6-7,9H2,1-2H3,(H,15,17). The Morgan fingerprint density at radius 1 is 1.38 bits per heavy atom. The molecule has 134 valence electrons. The van der Waals surface area contributed by atoms with Crippen LogP contribution in [0.2, 0.25) is 0 Å². The molecule has 1 fully saturated rings. The van der Waals surface area contributed by atoms with Gasteiger partial charge in [0.05, 0.1) is 18.1 Å². The predicted molar refractivity (Wildman–Crippen MR) is 89.3 cm³/mol. The zero-order valence-electron chi connectivity index (χ0n) is 13.4. The highest BCUT2D eigenvalue weighted by atomic mass is 32.2. The summed E-state index contributed by atoms with van der Waals surface area (Å²) in [6, 6.07) is 3.61. The van der Waals surface area contributed by atoms with E-state index in [1.165, 1.54) is 25.1 Å². The van der Waals surface area contributed by atoms with E-state index >= 15 is 0 Å². The average molecular weight is 376 g/mol. The number of carbonyl (C=O) groups excluding carboxylic acids is 1. The van der Waals surface area contributed by atoms with Crippen molar-refractivity contribution >= 4 is 31.5 Å². The second-order valence-electron chi connectivity index (χ2n) is 5.50. The van der Waals surface area contributed by atoms with Gasteiger partial charge in [0, 0.05) is 18.7 Å². The molecule has 8 nitrogen and oxygen atoms in total. The van der Waals surface area contributed by atoms with Gasteiger partial charge in [-0.3, -0.25) is 4.79 Å². The van der Waals surface area contributed by atoms with Gasteiger partial charge < -0.3 is 10.1 Å². The monoisotopic (exact) mass is 376 g/mol. The Balaban J connectivity index is 2.34. The number of anilines is 1. The van der Waals surface area contributed by atoms with E-state index in [4.69, 9.17) is 4.74 Å². The van der Waals surface area contributed by atoms with E-state index in [-0.39, 0.29) is 41.1 Å². The molecule has 2 N–H and O–H groups in total. The number of ether oxygens (including phenoxy) is 1. The van der Waals surface area contributed by atoms with Gasteiger partial charge in [0.2, 0.25) is 15.9 Å². The van der Waals surface area contributed by atoms with Crippen LogP contribution < -0.4 is 14.8 Å². The highest BCUT2D eigenvalue weighted by Crippen LogP contribution is 2.28. The van der Waals surface area contributed by atoms with Gasteiger partial charge in [0.25, 0.3) is 0 Å². The number of benzene rings is 1. The van der Waals surface area contributed by atoms with E-state index in [0.29, 0.717) is 5.69 Å². The van der Waals surface area contributed by atoms with Gasteiger partial charge in [0.1, 0.15) is 10.6 Å². The van der Waals surface area contributed by atoms with Crippen LogP contribution >= 0.6 is 0 Å². The fourth-order valence-electron chi connectivity index (χ4n) is 2.44. The molecule has 0 aromatic heterocycles. The summed E-state index contributed by atoms with van der Waals surface area (Å²) in [6.07, 6.45) is 0.233. The first kappa shape index (κ1) is 18.7. The van der Waals surface area contributed by atoms with E-state index in [9.17, 15) is 21.6 Å². The molecule has 24 heavy (non-hydrogen) atoms. The molecule has 0 radical (unpaired) electrons. The van der Waals surface area contributed by atoms with E-state index in [1.54, 1.807) is 6.92 Å². The second kappa shape index (κ2) is 7.08. The van der Waals surface area contributed by atoms with Crippen LogP contribution in [-0.4, -0.2) is 46.9 Å². The maximum Gasteiger partial charge on any atom is 0.244 e. The molecule has 0 aliphatic carbocycles. The van der Waals surface area contributed by atoms with Crippen LogP contribution in [0.4, 0.5) is 5.69 Å². The summed E-state index contributed by atoms with van der Waals surface area (Å²) in [4.78, 5) is 11.0. The molecule has 1 aliphatic rings. The van der Waals surface area contributed by atoms with Crippen molar-refractivity contribution in [2.24, 2.45) is 0 Å². The molecule has 1 aromatic rings. The van der Waals surface area contributed by atoms with Gasteiger partial charge in [-0.1, -0.05) is 0 Å². The Kier molecular flexibility index (Phi) is 5.51. The molecule has 2 rings (SSSR count).